The van der Waals surface area contributed by atoms with E-state index in [2.05, 4.69) is 19.1 Å². The lowest BCUT2D eigenvalue weighted by Crippen LogP contribution is -2.12. The first-order valence-corrected chi connectivity index (χ1v) is 11.1. The number of carbonyl (C=O) groups is 2. The van der Waals surface area contributed by atoms with Crippen LogP contribution in [0.1, 0.15) is 39.2 Å². The van der Waals surface area contributed by atoms with E-state index in [1.54, 1.807) is 13.8 Å². The van der Waals surface area contributed by atoms with Crippen molar-refractivity contribution in [2.24, 2.45) is 0 Å². The van der Waals surface area contributed by atoms with E-state index in [-0.39, 0.29) is 38.4 Å². The maximum Gasteiger partial charge on any atom is 0.305 e. The molecule has 3 aromatic rings. The summed E-state index contributed by atoms with van der Waals surface area (Å²) in [6, 6.07) is 14.1. The van der Waals surface area contributed by atoms with Crippen molar-refractivity contribution in [1.29, 1.82) is 0 Å². The zero-order valence-corrected chi connectivity index (χ0v) is 18.9. The fraction of sp³-hybridized carbons (Fsp3) is 0.385. The van der Waals surface area contributed by atoms with Crippen LogP contribution in [0.25, 0.3) is 21.5 Å². The number of ether oxygens (including phenoxy) is 4. The third-order valence-corrected chi connectivity index (χ3v) is 5.16. The Morgan fingerprint density at radius 3 is 1.66 bits per heavy atom. The van der Waals surface area contributed by atoms with Gasteiger partial charge in [0.05, 0.1) is 0 Å². The number of carbonyl (C=O) groups excluding carboxylic acids is 2. The van der Waals surface area contributed by atoms with Crippen molar-refractivity contribution < 1.29 is 28.5 Å². The number of hydrogen-bond donors (Lipinski definition) is 0. The Hall–Kier alpha value is -3.28. The van der Waals surface area contributed by atoms with Gasteiger partial charge in [-0.2, -0.15) is 0 Å². The molecule has 0 amide bonds. The SMILES string of the molecule is CCC(=O)OCCOc1c2ccccc2c(OCCOC(=O)CC)c2cc(CC)ccc12. The number of rotatable bonds is 11. The highest BCUT2D eigenvalue weighted by molar-refractivity contribution is 6.11. The van der Waals surface area contributed by atoms with Crippen molar-refractivity contribution in [2.45, 2.75) is 40.0 Å². The Kier molecular flexibility index (Phi) is 8.31. The van der Waals surface area contributed by atoms with E-state index in [1.807, 2.05) is 30.3 Å². The molecule has 0 unspecified atom stereocenters. The van der Waals surface area contributed by atoms with Crippen LogP contribution in [-0.2, 0) is 25.5 Å². The summed E-state index contributed by atoms with van der Waals surface area (Å²) in [6.07, 6.45) is 1.57. The molecule has 6 heteroatoms. The molecular weight excluding hydrogens is 408 g/mol. The summed E-state index contributed by atoms with van der Waals surface area (Å²) in [5, 5.41) is 3.68. The van der Waals surface area contributed by atoms with Crippen LogP contribution in [0.3, 0.4) is 0 Å². The van der Waals surface area contributed by atoms with E-state index in [4.69, 9.17) is 18.9 Å². The fourth-order valence-corrected chi connectivity index (χ4v) is 3.48. The van der Waals surface area contributed by atoms with Crippen molar-refractivity contribution in [3.8, 4) is 11.5 Å². The fourth-order valence-electron chi connectivity index (χ4n) is 3.48. The quantitative estimate of drug-likeness (QED) is 0.232. The minimum Gasteiger partial charge on any atom is -0.489 e. The summed E-state index contributed by atoms with van der Waals surface area (Å²) in [4.78, 5) is 22.9. The largest absolute Gasteiger partial charge is 0.489 e. The summed E-state index contributed by atoms with van der Waals surface area (Å²) in [5.41, 5.74) is 1.18. The van der Waals surface area contributed by atoms with E-state index in [1.165, 1.54) is 5.56 Å². The lowest BCUT2D eigenvalue weighted by molar-refractivity contribution is -0.144. The number of hydrogen-bond acceptors (Lipinski definition) is 6. The molecule has 0 bridgehead atoms. The minimum atomic E-state index is -0.247. The first kappa shape index (κ1) is 23.4. The highest BCUT2D eigenvalue weighted by Gasteiger charge is 2.17. The Morgan fingerprint density at radius 1 is 0.656 bits per heavy atom. The second-order valence-corrected chi connectivity index (χ2v) is 7.28. The molecule has 0 saturated carbocycles. The molecule has 170 valence electrons. The molecule has 0 aromatic heterocycles. The van der Waals surface area contributed by atoms with Crippen LogP contribution in [0.15, 0.2) is 42.5 Å². The predicted octanol–water partition coefficient (Wildman–Crippen LogP) is 5.22. The summed E-state index contributed by atoms with van der Waals surface area (Å²) >= 11 is 0. The number of esters is 2. The van der Waals surface area contributed by atoms with Crippen LogP contribution in [0.4, 0.5) is 0 Å². The molecule has 0 radical (unpaired) electrons. The lowest BCUT2D eigenvalue weighted by Gasteiger charge is -2.18. The van der Waals surface area contributed by atoms with E-state index < -0.39 is 0 Å². The van der Waals surface area contributed by atoms with Crippen LogP contribution in [-0.4, -0.2) is 38.4 Å². The van der Waals surface area contributed by atoms with Gasteiger partial charge in [0.1, 0.15) is 37.9 Å². The highest BCUT2D eigenvalue weighted by Crippen LogP contribution is 2.43. The van der Waals surface area contributed by atoms with Crippen molar-refractivity contribution in [3.63, 3.8) is 0 Å². The molecule has 3 rings (SSSR count). The summed E-state index contributed by atoms with van der Waals surface area (Å²) in [7, 11) is 0. The molecule has 0 aliphatic carbocycles. The Morgan fingerprint density at radius 2 is 1.16 bits per heavy atom. The third-order valence-electron chi connectivity index (χ3n) is 5.16. The van der Waals surface area contributed by atoms with E-state index in [9.17, 15) is 9.59 Å². The van der Waals surface area contributed by atoms with Gasteiger partial charge in [-0.1, -0.05) is 57.2 Å². The van der Waals surface area contributed by atoms with E-state index in [0.717, 1.165) is 39.5 Å². The smallest absolute Gasteiger partial charge is 0.305 e. The van der Waals surface area contributed by atoms with Crippen LogP contribution in [0.5, 0.6) is 11.5 Å². The third kappa shape index (κ3) is 5.49. The number of benzene rings is 3. The van der Waals surface area contributed by atoms with Crippen molar-refractivity contribution >= 4 is 33.5 Å². The standard InChI is InChI=1S/C26H30O6/c1-4-18-11-12-21-22(17-18)26(32-16-14-30-24(28)6-3)20-10-8-7-9-19(20)25(21)31-15-13-29-23(27)5-2/h7-12,17H,4-6,13-16H2,1-3H3. The molecule has 3 aromatic carbocycles. The van der Waals surface area contributed by atoms with Gasteiger partial charge in [-0.05, 0) is 18.1 Å². The van der Waals surface area contributed by atoms with Gasteiger partial charge in [0.25, 0.3) is 0 Å². The second kappa shape index (κ2) is 11.4. The van der Waals surface area contributed by atoms with Crippen LogP contribution >= 0.6 is 0 Å². The molecule has 0 spiro atoms. The van der Waals surface area contributed by atoms with E-state index >= 15 is 0 Å². The Labute approximate surface area is 188 Å². The van der Waals surface area contributed by atoms with Gasteiger partial charge < -0.3 is 18.9 Å². The summed E-state index contributed by atoms with van der Waals surface area (Å²) in [6.45, 7) is 6.53. The summed E-state index contributed by atoms with van der Waals surface area (Å²) in [5.74, 6) is 0.978. The zero-order chi connectivity index (χ0) is 22.9. The van der Waals surface area contributed by atoms with Gasteiger partial charge >= 0.3 is 11.9 Å². The van der Waals surface area contributed by atoms with Crippen molar-refractivity contribution in [2.75, 3.05) is 26.4 Å². The zero-order valence-electron chi connectivity index (χ0n) is 18.9. The topological polar surface area (TPSA) is 71.1 Å². The average molecular weight is 439 g/mol. The molecule has 0 N–H and O–H groups in total. The first-order valence-electron chi connectivity index (χ1n) is 11.1. The second-order valence-electron chi connectivity index (χ2n) is 7.28. The molecule has 0 fully saturated rings. The molecule has 0 saturated heterocycles. The van der Waals surface area contributed by atoms with Gasteiger partial charge in [0, 0.05) is 34.4 Å². The molecule has 0 heterocycles. The Bertz CT molecular complexity index is 1090. The van der Waals surface area contributed by atoms with Gasteiger partial charge in [-0.15, -0.1) is 0 Å². The average Bonchev–Trinajstić information content (AvgIpc) is 2.83. The maximum atomic E-state index is 11.4. The first-order chi connectivity index (χ1) is 15.6. The summed E-state index contributed by atoms with van der Waals surface area (Å²) < 4.78 is 22.6. The normalized spacial score (nSPS) is 10.8. The molecule has 6 nitrogen and oxygen atoms in total. The van der Waals surface area contributed by atoms with Crippen LogP contribution < -0.4 is 9.47 Å². The van der Waals surface area contributed by atoms with Crippen molar-refractivity contribution in [3.05, 3.63) is 48.0 Å². The van der Waals surface area contributed by atoms with Gasteiger partial charge in [-0.25, -0.2) is 0 Å². The van der Waals surface area contributed by atoms with Crippen molar-refractivity contribution in [1.82, 2.24) is 0 Å². The van der Waals surface area contributed by atoms with Gasteiger partial charge in [0.15, 0.2) is 0 Å². The number of fused-ring (bicyclic) bond motifs is 2. The Balaban J connectivity index is 1.98. The minimum absolute atomic E-state index is 0.191. The molecule has 0 atom stereocenters. The maximum absolute atomic E-state index is 11.4. The van der Waals surface area contributed by atoms with Gasteiger partial charge in [0.2, 0.25) is 0 Å². The van der Waals surface area contributed by atoms with Crippen LogP contribution in [0, 0.1) is 0 Å². The van der Waals surface area contributed by atoms with E-state index in [0.29, 0.717) is 12.8 Å². The van der Waals surface area contributed by atoms with Crippen LogP contribution in [0.2, 0.25) is 0 Å². The molecular formula is C26H30O6. The molecule has 32 heavy (non-hydrogen) atoms. The highest BCUT2D eigenvalue weighted by atomic mass is 16.6. The lowest BCUT2D eigenvalue weighted by atomic mass is 9.98. The number of aryl methyl sites for hydroxylation is 1. The molecule has 0 aliphatic rings. The monoisotopic (exact) mass is 438 g/mol. The predicted molar refractivity (Wildman–Crippen MR) is 124 cm³/mol. The van der Waals surface area contributed by atoms with Gasteiger partial charge in [-0.3, -0.25) is 9.59 Å². The molecule has 0 aliphatic heterocycles.